The van der Waals surface area contributed by atoms with Gasteiger partial charge in [-0.2, -0.15) is 0 Å². The number of rotatable bonds is 6. The smallest absolute Gasteiger partial charge is 0.338 e. The lowest BCUT2D eigenvalue weighted by atomic mass is 9.99. The van der Waals surface area contributed by atoms with Crippen LogP contribution in [-0.2, 0) is 9.53 Å². The SMILES string of the molecule is C=C(C)C(=O)O/C=C\Oc1ccc(-c2ccc(-c3ccc(O)cc3)c(F)c2)cc1. The van der Waals surface area contributed by atoms with E-state index in [1.807, 2.05) is 6.07 Å². The summed E-state index contributed by atoms with van der Waals surface area (Å²) in [6.07, 6.45) is 2.39. The van der Waals surface area contributed by atoms with Gasteiger partial charge in [0.2, 0.25) is 0 Å². The maximum absolute atomic E-state index is 14.6. The summed E-state index contributed by atoms with van der Waals surface area (Å²) in [5, 5.41) is 9.37. The molecule has 0 aliphatic carbocycles. The molecule has 3 rings (SSSR count). The van der Waals surface area contributed by atoms with E-state index in [9.17, 15) is 14.3 Å². The lowest BCUT2D eigenvalue weighted by Crippen LogP contribution is -1.99. The zero-order valence-corrected chi connectivity index (χ0v) is 15.8. The van der Waals surface area contributed by atoms with Gasteiger partial charge in [-0.1, -0.05) is 43.0 Å². The molecule has 0 atom stereocenters. The average Bonchev–Trinajstić information content (AvgIpc) is 2.72. The molecule has 0 bridgehead atoms. The van der Waals surface area contributed by atoms with E-state index in [-0.39, 0.29) is 11.6 Å². The molecule has 3 aromatic carbocycles. The standard InChI is InChI=1S/C24H19FO4/c1-16(2)24(27)29-14-13-28-21-10-5-17(6-11-21)19-7-12-22(23(25)15-19)18-3-8-20(26)9-4-18/h3-15,26H,1H2,2H3/b14-13-. The molecule has 0 aromatic heterocycles. The molecule has 0 radical (unpaired) electrons. The molecule has 0 heterocycles. The first kappa shape index (κ1) is 19.9. The average molecular weight is 390 g/mol. The van der Waals surface area contributed by atoms with E-state index < -0.39 is 5.97 Å². The molecule has 0 aliphatic heterocycles. The van der Waals surface area contributed by atoms with Crippen LogP contribution in [0.5, 0.6) is 11.5 Å². The lowest BCUT2D eigenvalue weighted by molar-refractivity contribution is -0.133. The van der Waals surface area contributed by atoms with Crippen molar-refractivity contribution in [3.05, 3.63) is 97.2 Å². The summed E-state index contributed by atoms with van der Waals surface area (Å²) in [5.41, 5.74) is 2.99. The maximum Gasteiger partial charge on any atom is 0.338 e. The fourth-order valence-electron chi connectivity index (χ4n) is 2.59. The van der Waals surface area contributed by atoms with Crippen LogP contribution in [0.2, 0.25) is 0 Å². The van der Waals surface area contributed by atoms with Gasteiger partial charge in [0.1, 0.15) is 29.8 Å². The molecule has 3 aromatic rings. The van der Waals surface area contributed by atoms with Crippen LogP contribution < -0.4 is 4.74 Å². The third-order valence-electron chi connectivity index (χ3n) is 4.12. The summed E-state index contributed by atoms with van der Waals surface area (Å²) in [7, 11) is 0. The van der Waals surface area contributed by atoms with E-state index in [2.05, 4.69) is 6.58 Å². The highest BCUT2D eigenvalue weighted by atomic mass is 19.1. The Bertz CT molecular complexity index is 1050. The number of halogens is 1. The van der Waals surface area contributed by atoms with Crippen LogP contribution in [0.1, 0.15) is 6.92 Å². The molecule has 146 valence electrons. The van der Waals surface area contributed by atoms with Crippen molar-refractivity contribution in [3.8, 4) is 33.8 Å². The number of hydrogen-bond donors (Lipinski definition) is 1. The molecule has 1 N–H and O–H groups in total. The quantitative estimate of drug-likeness (QED) is 0.327. The van der Waals surface area contributed by atoms with Gasteiger partial charge in [-0.15, -0.1) is 0 Å². The van der Waals surface area contributed by atoms with E-state index >= 15 is 0 Å². The van der Waals surface area contributed by atoms with Crippen LogP contribution in [0.25, 0.3) is 22.3 Å². The highest BCUT2D eigenvalue weighted by Gasteiger charge is 2.08. The van der Waals surface area contributed by atoms with Crippen molar-refractivity contribution in [2.45, 2.75) is 6.92 Å². The molecule has 0 saturated carbocycles. The number of carbonyl (C=O) groups excluding carboxylic acids is 1. The van der Waals surface area contributed by atoms with Gasteiger partial charge in [-0.3, -0.25) is 0 Å². The number of hydrogen-bond acceptors (Lipinski definition) is 4. The third kappa shape index (κ3) is 5.11. The molecule has 0 saturated heterocycles. The van der Waals surface area contributed by atoms with Gasteiger partial charge in [0, 0.05) is 11.1 Å². The van der Waals surface area contributed by atoms with E-state index in [1.54, 1.807) is 49.4 Å². The summed E-state index contributed by atoms with van der Waals surface area (Å²) >= 11 is 0. The van der Waals surface area contributed by atoms with Gasteiger partial charge in [0.05, 0.1) is 0 Å². The van der Waals surface area contributed by atoms with Crippen LogP contribution in [0.4, 0.5) is 4.39 Å². The van der Waals surface area contributed by atoms with E-state index in [0.29, 0.717) is 22.4 Å². The zero-order chi connectivity index (χ0) is 20.8. The molecule has 5 heteroatoms. The van der Waals surface area contributed by atoms with Crippen molar-refractivity contribution < 1.29 is 23.8 Å². The first-order valence-electron chi connectivity index (χ1n) is 8.81. The number of aromatic hydroxyl groups is 1. The Balaban J connectivity index is 1.69. The summed E-state index contributed by atoms with van der Waals surface area (Å²) in [5.74, 6) is -0.205. The Morgan fingerprint density at radius 2 is 1.55 bits per heavy atom. The predicted molar refractivity (Wildman–Crippen MR) is 110 cm³/mol. The summed E-state index contributed by atoms with van der Waals surface area (Å²) in [6.45, 7) is 5.03. The van der Waals surface area contributed by atoms with Gasteiger partial charge >= 0.3 is 5.97 Å². The zero-order valence-electron chi connectivity index (χ0n) is 15.8. The summed E-state index contributed by atoms with van der Waals surface area (Å²) in [4.78, 5) is 11.2. The maximum atomic E-state index is 14.6. The Morgan fingerprint density at radius 1 is 0.931 bits per heavy atom. The monoisotopic (exact) mass is 390 g/mol. The molecule has 0 aliphatic rings. The van der Waals surface area contributed by atoms with E-state index in [0.717, 1.165) is 17.4 Å². The first-order chi connectivity index (χ1) is 13.9. The number of benzene rings is 3. The highest BCUT2D eigenvalue weighted by molar-refractivity contribution is 5.87. The number of esters is 1. The molecule has 4 nitrogen and oxygen atoms in total. The summed E-state index contributed by atoms with van der Waals surface area (Å²) in [6, 6.07) is 18.5. The van der Waals surface area contributed by atoms with Gasteiger partial charge in [0.25, 0.3) is 0 Å². The fraction of sp³-hybridized carbons (Fsp3) is 0.0417. The van der Waals surface area contributed by atoms with Gasteiger partial charge in [-0.05, 0) is 53.9 Å². The third-order valence-corrected chi connectivity index (χ3v) is 4.12. The number of carbonyl (C=O) groups is 1. The fourth-order valence-corrected chi connectivity index (χ4v) is 2.59. The topological polar surface area (TPSA) is 55.8 Å². The molecule has 0 spiro atoms. The Morgan fingerprint density at radius 3 is 2.17 bits per heavy atom. The highest BCUT2D eigenvalue weighted by Crippen LogP contribution is 2.29. The normalized spacial score (nSPS) is 10.7. The first-order valence-corrected chi connectivity index (χ1v) is 8.81. The lowest BCUT2D eigenvalue weighted by Gasteiger charge is -2.08. The predicted octanol–water partition coefficient (Wildman–Crippen LogP) is 5.83. The second-order valence-corrected chi connectivity index (χ2v) is 6.34. The molecular formula is C24H19FO4. The van der Waals surface area contributed by atoms with Crippen molar-refractivity contribution in [2.24, 2.45) is 0 Å². The van der Waals surface area contributed by atoms with E-state index in [4.69, 9.17) is 9.47 Å². The van der Waals surface area contributed by atoms with Crippen LogP contribution in [0.15, 0.2) is 91.4 Å². The molecule has 0 amide bonds. The molecule has 0 unspecified atom stereocenters. The summed E-state index contributed by atoms with van der Waals surface area (Å²) < 4.78 is 24.7. The Labute approximate surface area is 168 Å². The minimum absolute atomic E-state index is 0.136. The number of phenols is 1. The van der Waals surface area contributed by atoms with Crippen molar-refractivity contribution in [1.29, 1.82) is 0 Å². The second kappa shape index (κ2) is 8.89. The van der Waals surface area contributed by atoms with Crippen LogP contribution in [0.3, 0.4) is 0 Å². The van der Waals surface area contributed by atoms with Crippen LogP contribution in [0, 0.1) is 5.82 Å². The second-order valence-electron chi connectivity index (χ2n) is 6.34. The largest absolute Gasteiger partial charge is 0.508 e. The number of ether oxygens (including phenoxy) is 2. The van der Waals surface area contributed by atoms with Crippen LogP contribution >= 0.6 is 0 Å². The van der Waals surface area contributed by atoms with Gasteiger partial charge < -0.3 is 14.6 Å². The van der Waals surface area contributed by atoms with E-state index in [1.165, 1.54) is 24.5 Å². The van der Waals surface area contributed by atoms with Crippen molar-refractivity contribution >= 4 is 5.97 Å². The molecule has 29 heavy (non-hydrogen) atoms. The molecule has 0 fully saturated rings. The Kier molecular flexibility index (Phi) is 6.09. The van der Waals surface area contributed by atoms with Crippen molar-refractivity contribution in [2.75, 3.05) is 0 Å². The van der Waals surface area contributed by atoms with Crippen molar-refractivity contribution in [3.63, 3.8) is 0 Å². The minimum atomic E-state index is -0.530. The van der Waals surface area contributed by atoms with Gasteiger partial charge in [-0.25, -0.2) is 9.18 Å². The van der Waals surface area contributed by atoms with Crippen molar-refractivity contribution in [1.82, 2.24) is 0 Å². The molecular weight excluding hydrogens is 371 g/mol. The van der Waals surface area contributed by atoms with Gasteiger partial charge in [0.15, 0.2) is 0 Å². The van der Waals surface area contributed by atoms with Crippen LogP contribution in [-0.4, -0.2) is 11.1 Å². The Hall–Kier alpha value is -3.86. The number of phenolic OH excluding ortho intramolecular Hbond substituents is 1. The minimum Gasteiger partial charge on any atom is -0.508 e.